The molecular formula is C21H26N2O. The van der Waals surface area contributed by atoms with Crippen LogP contribution < -0.4 is 10.2 Å². The van der Waals surface area contributed by atoms with E-state index in [0.29, 0.717) is 5.92 Å². The molecule has 1 fully saturated rings. The molecule has 2 aromatic carbocycles. The molecule has 1 amide bonds. The van der Waals surface area contributed by atoms with Crippen LogP contribution in [0.15, 0.2) is 60.7 Å². The van der Waals surface area contributed by atoms with Crippen LogP contribution in [0.2, 0.25) is 0 Å². The Bertz CT molecular complexity index is 641. The molecule has 3 nitrogen and oxygen atoms in total. The largest absolute Gasteiger partial charge is 0.371 e. The van der Waals surface area contributed by atoms with Crippen LogP contribution in [0, 0.1) is 5.92 Å². The second-order valence-electron chi connectivity index (χ2n) is 6.55. The van der Waals surface area contributed by atoms with Crippen LogP contribution in [0.25, 0.3) is 0 Å². The first kappa shape index (κ1) is 16.6. The molecule has 0 aromatic heterocycles. The van der Waals surface area contributed by atoms with Gasteiger partial charge in [0.15, 0.2) is 0 Å². The second-order valence-corrected chi connectivity index (χ2v) is 6.55. The molecule has 24 heavy (non-hydrogen) atoms. The van der Waals surface area contributed by atoms with Crippen molar-refractivity contribution in [1.29, 1.82) is 0 Å². The van der Waals surface area contributed by atoms with Crippen molar-refractivity contribution in [2.24, 2.45) is 5.92 Å². The van der Waals surface area contributed by atoms with Crippen LogP contribution in [0.1, 0.15) is 31.2 Å². The third-order valence-electron chi connectivity index (χ3n) is 4.90. The van der Waals surface area contributed by atoms with Gasteiger partial charge >= 0.3 is 0 Å². The Balaban J connectivity index is 1.52. The number of nitrogens with zero attached hydrogens (tertiary/aromatic N) is 1. The van der Waals surface area contributed by atoms with E-state index in [0.717, 1.165) is 38.0 Å². The number of carbonyl (C=O) groups excluding carboxylic acids is 1. The first-order chi connectivity index (χ1) is 11.8. The summed E-state index contributed by atoms with van der Waals surface area (Å²) < 4.78 is 0. The van der Waals surface area contributed by atoms with Crippen molar-refractivity contribution in [2.75, 3.05) is 24.5 Å². The summed E-state index contributed by atoms with van der Waals surface area (Å²) in [6.07, 6.45) is 1.97. The third kappa shape index (κ3) is 3.97. The number of hydrogen-bond donors (Lipinski definition) is 1. The fraction of sp³-hybridized carbons (Fsp3) is 0.381. The van der Waals surface area contributed by atoms with E-state index in [9.17, 15) is 4.79 Å². The summed E-state index contributed by atoms with van der Waals surface area (Å²) in [5.74, 6) is 0.641. The van der Waals surface area contributed by atoms with Crippen LogP contribution in [-0.4, -0.2) is 25.5 Å². The maximum atomic E-state index is 12.6. The quantitative estimate of drug-likeness (QED) is 0.877. The van der Waals surface area contributed by atoms with E-state index >= 15 is 0 Å². The average Bonchev–Trinajstić information content (AvgIpc) is 3.11. The Kier molecular flexibility index (Phi) is 5.52. The fourth-order valence-corrected chi connectivity index (χ4v) is 3.50. The summed E-state index contributed by atoms with van der Waals surface area (Å²) in [6, 6.07) is 20.6. The molecular weight excluding hydrogens is 296 g/mol. The molecule has 2 aromatic rings. The van der Waals surface area contributed by atoms with Gasteiger partial charge in [-0.15, -0.1) is 0 Å². The lowest BCUT2D eigenvalue weighted by atomic mass is 9.95. The van der Waals surface area contributed by atoms with Gasteiger partial charge in [0.2, 0.25) is 5.91 Å². The molecule has 126 valence electrons. The second kappa shape index (κ2) is 8.00. The molecule has 1 aliphatic heterocycles. The molecule has 0 unspecified atom stereocenters. The number of carbonyl (C=O) groups is 1. The predicted octanol–water partition coefficient (Wildman–Crippen LogP) is 3.82. The van der Waals surface area contributed by atoms with Crippen molar-refractivity contribution in [3.8, 4) is 0 Å². The smallest absolute Gasteiger partial charge is 0.227 e. The third-order valence-corrected chi connectivity index (χ3v) is 4.90. The molecule has 0 aliphatic carbocycles. The number of hydrogen-bond acceptors (Lipinski definition) is 2. The summed E-state index contributed by atoms with van der Waals surface area (Å²) in [5.41, 5.74) is 2.39. The molecule has 1 heterocycles. The van der Waals surface area contributed by atoms with E-state index in [1.54, 1.807) is 0 Å². The minimum Gasteiger partial charge on any atom is -0.371 e. The lowest BCUT2D eigenvalue weighted by Crippen LogP contribution is -2.34. The minimum absolute atomic E-state index is 0.0437. The van der Waals surface area contributed by atoms with Gasteiger partial charge in [0, 0.05) is 25.3 Å². The van der Waals surface area contributed by atoms with Crippen LogP contribution >= 0.6 is 0 Å². The van der Waals surface area contributed by atoms with E-state index in [1.807, 2.05) is 36.4 Å². The molecule has 3 heteroatoms. The van der Waals surface area contributed by atoms with Crippen molar-refractivity contribution in [1.82, 2.24) is 5.32 Å². The van der Waals surface area contributed by atoms with Gasteiger partial charge in [-0.1, -0.05) is 55.5 Å². The van der Waals surface area contributed by atoms with Gasteiger partial charge in [0.1, 0.15) is 0 Å². The molecule has 2 atom stereocenters. The van der Waals surface area contributed by atoms with Crippen LogP contribution in [0.5, 0.6) is 0 Å². The van der Waals surface area contributed by atoms with Gasteiger partial charge < -0.3 is 10.2 Å². The Labute approximate surface area is 144 Å². The Hall–Kier alpha value is -2.29. The zero-order valence-corrected chi connectivity index (χ0v) is 14.3. The molecule has 0 radical (unpaired) electrons. The van der Waals surface area contributed by atoms with Crippen molar-refractivity contribution >= 4 is 11.6 Å². The summed E-state index contributed by atoms with van der Waals surface area (Å²) in [5, 5.41) is 3.18. The van der Waals surface area contributed by atoms with Crippen LogP contribution in [-0.2, 0) is 4.79 Å². The van der Waals surface area contributed by atoms with Crippen molar-refractivity contribution in [3.05, 3.63) is 66.2 Å². The Morgan fingerprint density at radius 2 is 1.79 bits per heavy atom. The van der Waals surface area contributed by atoms with Crippen LogP contribution in [0.3, 0.4) is 0 Å². The Morgan fingerprint density at radius 1 is 1.12 bits per heavy atom. The minimum atomic E-state index is -0.0437. The number of anilines is 1. The molecule has 1 aliphatic rings. The molecule has 0 saturated carbocycles. The highest BCUT2D eigenvalue weighted by molar-refractivity contribution is 5.83. The summed E-state index contributed by atoms with van der Waals surface area (Å²) >= 11 is 0. The summed E-state index contributed by atoms with van der Waals surface area (Å²) in [4.78, 5) is 15.0. The molecule has 0 spiro atoms. The van der Waals surface area contributed by atoms with Crippen molar-refractivity contribution in [2.45, 2.75) is 25.7 Å². The lowest BCUT2D eigenvalue weighted by molar-refractivity contribution is -0.122. The van der Waals surface area contributed by atoms with Gasteiger partial charge in [-0.3, -0.25) is 4.79 Å². The van der Waals surface area contributed by atoms with Gasteiger partial charge in [-0.2, -0.15) is 0 Å². The average molecular weight is 322 g/mol. The van der Waals surface area contributed by atoms with E-state index < -0.39 is 0 Å². The lowest BCUT2D eigenvalue weighted by Gasteiger charge is -2.20. The fourth-order valence-electron chi connectivity index (χ4n) is 3.50. The first-order valence-electron chi connectivity index (χ1n) is 8.90. The van der Waals surface area contributed by atoms with Crippen molar-refractivity contribution < 1.29 is 4.79 Å². The van der Waals surface area contributed by atoms with E-state index in [-0.39, 0.29) is 11.8 Å². The van der Waals surface area contributed by atoms with Crippen molar-refractivity contribution in [3.63, 3.8) is 0 Å². The van der Waals surface area contributed by atoms with Crippen LogP contribution in [0.4, 0.5) is 5.69 Å². The number of benzene rings is 2. The zero-order chi connectivity index (χ0) is 16.8. The number of nitrogens with one attached hydrogen (secondary N) is 1. The van der Waals surface area contributed by atoms with Gasteiger partial charge in [0.25, 0.3) is 0 Å². The molecule has 0 bridgehead atoms. The molecule has 1 N–H and O–H groups in total. The standard InChI is InChI=1S/C21H26N2O/c1-2-20(18-9-5-3-6-10-18)21(24)22-15-17-13-14-23(16-17)19-11-7-4-8-12-19/h3-12,17,20H,2,13-16H2,1H3,(H,22,24)/t17-,20-/m0/s1. The number of para-hydroxylation sites is 1. The van der Waals surface area contributed by atoms with E-state index in [4.69, 9.17) is 0 Å². The summed E-state index contributed by atoms with van der Waals surface area (Å²) in [6.45, 7) is 4.93. The van der Waals surface area contributed by atoms with E-state index in [1.165, 1.54) is 5.69 Å². The highest BCUT2D eigenvalue weighted by Crippen LogP contribution is 2.24. The highest BCUT2D eigenvalue weighted by Gasteiger charge is 2.24. The maximum Gasteiger partial charge on any atom is 0.227 e. The molecule has 3 rings (SSSR count). The molecule has 1 saturated heterocycles. The maximum absolute atomic E-state index is 12.6. The number of amides is 1. The normalized spacial score (nSPS) is 18.4. The number of rotatable bonds is 6. The topological polar surface area (TPSA) is 32.3 Å². The highest BCUT2D eigenvalue weighted by atomic mass is 16.1. The van der Waals surface area contributed by atoms with Gasteiger partial charge in [0.05, 0.1) is 5.92 Å². The first-order valence-corrected chi connectivity index (χ1v) is 8.90. The predicted molar refractivity (Wildman–Crippen MR) is 99.2 cm³/mol. The monoisotopic (exact) mass is 322 g/mol. The van der Waals surface area contributed by atoms with E-state index in [2.05, 4.69) is 41.4 Å². The van der Waals surface area contributed by atoms with Gasteiger partial charge in [-0.05, 0) is 36.5 Å². The van der Waals surface area contributed by atoms with Gasteiger partial charge in [-0.25, -0.2) is 0 Å². The SMILES string of the molecule is CC[C@H](C(=O)NC[C@@H]1CCN(c2ccccc2)C1)c1ccccc1. The zero-order valence-electron chi connectivity index (χ0n) is 14.3. The summed E-state index contributed by atoms with van der Waals surface area (Å²) in [7, 11) is 0. The Morgan fingerprint density at radius 3 is 2.46 bits per heavy atom.